The monoisotopic (exact) mass is 424 g/mol. The first-order valence-corrected chi connectivity index (χ1v) is 10.4. The van der Waals surface area contributed by atoms with Crippen molar-refractivity contribution in [3.63, 3.8) is 0 Å². The van der Waals surface area contributed by atoms with Crippen LogP contribution in [0.15, 0.2) is 48.5 Å². The molecule has 0 saturated carbocycles. The van der Waals surface area contributed by atoms with Crippen molar-refractivity contribution in [2.24, 2.45) is 0 Å². The molecule has 31 heavy (non-hydrogen) atoms. The molecule has 2 aromatic rings. The maximum atomic E-state index is 12.4. The summed E-state index contributed by atoms with van der Waals surface area (Å²) in [5, 5.41) is 14.4. The molecule has 3 rings (SSSR count). The van der Waals surface area contributed by atoms with E-state index in [-0.39, 0.29) is 18.9 Å². The van der Waals surface area contributed by atoms with Crippen molar-refractivity contribution in [3.8, 4) is 11.1 Å². The Balaban J connectivity index is 1.60. The molecular formula is C24H28N2O5. The van der Waals surface area contributed by atoms with E-state index in [0.29, 0.717) is 6.42 Å². The van der Waals surface area contributed by atoms with Gasteiger partial charge in [-0.1, -0.05) is 61.9 Å². The van der Waals surface area contributed by atoms with E-state index in [1.807, 2.05) is 43.3 Å². The van der Waals surface area contributed by atoms with Gasteiger partial charge in [-0.25, -0.2) is 9.59 Å². The summed E-state index contributed by atoms with van der Waals surface area (Å²) in [6.45, 7) is 4.92. The van der Waals surface area contributed by atoms with E-state index in [1.165, 1.54) is 13.8 Å². The van der Waals surface area contributed by atoms with Crippen LogP contribution < -0.4 is 10.6 Å². The summed E-state index contributed by atoms with van der Waals surface area (Å²) in [5.74, 6) is -1.77. The number of ether oxygens (including phenoxy) is 1. The van der Waals surface area contributed by atoms with Crippen molar-refractivity contribution in [2.75, 3.05) is 6.61 Å². The highest BCUT2D eigenvalue weighted by molar-refractivity contribution is 5.90. The van der Waals surface area contributed by atoms with Crippen LogP contribution in [0.25, 0.3) is 11.1 Å². The van der Waals surface area contributed by atoms with E-state index in [0.717, 1.165) is 22.3 Å². The molecule has 0 radical (unpaired) electrons. The van der Waals surface area contributed by atoms with Crippen molar-refractivity contribution in [3.05, 3.63) is 59.7 Å². The fourth-order valence-electron chi connectivity index (χ4n) is 3.99. The third kappa shape index (κ3) is 4.71. The maximum absolute atomic E-state index is 12.4. The first-order valence-electron chi connectivity index (χ1n) is 10.4. The Hall–Kier alpha value is -3.35. The topological polar surface area (TPSA) is 105 Å². The van der Waals surface area contributed by atoms with E-state index in [9.17, 15) is 19.5 Å². The average Bonchev–Trinajstić information content (AvgIpc) is 3.06. The molecule has 2 amide bonds. The van der Waals surface area contributed by atoms with Crippen molar-refractivity contribution < 1.29 is 24.2 Å². The second-order valence-corrected chi connectivity index (χ2v) is 8.07. The van der Waals surface area contributed by atoms with Crippen LogP contribution in [0.5, 0.6) is 0 Å². The van der Waals surface area contributed by atoms with Crippen LogP contribution in [0.3, 0.4) is 0 Å². The number of amides is 2. The average molecular weight is 424 g/mol. The molecule has 0 aromatic heterocycles. The molecule has 0 fully saturated rings. The number of alkyl carbamates (subject to hydrolysis) is 1. The number of carboxylic acid groups (broad SMARTS) is 1. The standard InChI is InChI=1S/C24H28N2O5/c1-4-13-24(3,22(28)29)26-21(27)15(2)25-23(30)31-14-20-18-11-7-5-9-16(18)17-10-6-8-12-19(17)20/h5-12,15,20H,4,13-14H2,1-3H3,(H,25,30)(H,26,27)(H,28,29)/t15-,24?/m1/s1. The lowest BCUT2D eigenvalue weighted by atomic mass is 9.96. The van der Waals surface area contributed by atoms with Gasteiger partial charge in [-0.3, -0.25) is 4.79 Å². The molecular weight excluding hydrogens is 396 g/mol. The van der Waals surface area contributed by atoms with Crippen LogP contribution in [0.4, 0.5) is 4.79 Å². The molecule has 164 valence electrons. The van der Waals surface area contributed by atoms with Crippen LogP contribution in [-0.4, -0.2) is 41.3 Å². The zero-order valence-electron chi connectivity index (χ0n) is 18.0. The lowest BCUT2D eigenvalue weighted by molar-refractivity contribution is -0.147. The van der Waals surface area contributed by atoms with Gasteiger partial charge in [0, 0.05) is 5.92 Å². The maximum Gasteiger partial charge on any atom is 0.407 e. The zero-order valence-corrected chi connectivity index (χ0v) is 18.0. The summed E-state index contributed by atoms with van der Waals surface area (Å²) in [6.07, 6.45) is 0.153. The zero-order chi connectivity index (χ0) is 22.6. The van der Waals surface area contributed by atoms with Crippen LogP contribution in [0.1, 0.15) is 50.7 Å². The fourth-order valence-corrected chi connectivity index (χ4v) is 3.99. The molecule has 1 aliphatic carbocycles. The van der Waals surface area contributed by atoms with Crippen molar-refractivity contribution in [2.45, 2.75) is 51.1 Å². The Labute approximate surface area is 181 Å². The van der Waals surface area contributed by atoms with Crippen LogP contribution in [0.2, 0.25) is 0 Å². The molecule has 0 aliphatic heterocycles. The largest absolute Gasteiger partial charge is 0.480 e. The van der Waals surface area contributed by atoms with Crippen LogP contribution in [0, 0.1) is 0 Å². The van der Waals surface area contributed by atoms with Crippen molar-refractivity contribution in [1.29, 1.82) is 0 Å². The first-order chi connectivity index (χ1) is 14.8. The molecule has 7 heteroatoms. The summed E-state index contributed by atoms with van der Waals surface area (Å²) in [5.41, 5.74) is 3.06. The fraction of sp³-hybridized carbons (Fsp3) is 0.375. The number of hydrogen-bond donors (Lipinski definition) is 3. The van der Waals surface area contributed by atoms with E-state index >= 15 is 0 Å². The molecule has 2 atom stereocenters. The molecule has 1 aliphatic rings. The van der Waals surface area contributed by atoms with E-state index in [4.69, 9.17) is 4.74 Å². The number of carbonyl (C=O) groups excluding carboxylic acids is 2. The summed E-state index contributed by atoms with van der Waals surface area (Å²) in [6, 6.07) is 15.1. The Morgan fingerprint density at radius 1 is 1.06 bits per heavy atom. The number of nitrogens with one attached hydrogen (secondary N) is 2. The van der Waals surface area contributed by atoms with Crippen molar-refractivity contribution in [1.82, 2.24) is 10.6 Å². The van der Waals surface area contributed by atoms with Gasteiger partial charge in [0.15, 0.2) is 0 Å². The molecule has 3 N–H and O–H groups in total. The summed E-state index contributed by atoms with van der Waals surface area (Å²) >= 11 is 0. The number of benzene rings is 2. The van der Waals surface area contributed by atoms with Crippen LogP contribution in [-0.2, 0) is 14.3 Å². The highest BCUT2D eigenvalue weighted by Crippen LogP contribution is 2.44. The molecule has 0 heterocycles. The van der Waals surface area contributed by atoms with Gasteiger partial charge in [-0.15, -0.1) is 0 Å². The molecule has 0 spiro atoms. The van der Waals surface area contributed by atoms with Gasteiger partial charge in [-0.2, -0.15) is 0 Å². The predicted molar refractivity (Wildman–Crippen MR) is 117 cm³/mol. The lowest BCUT2D eigenvalue weighted by Crippen LogP contribution is -2.57. The summed E-state index contributed by atoms with van der Waals surface area (Å²) in [7, 11) is 0. The first kappa shape index (κ1) is 22.3. The van der Waals surface area contributed by atoms with Gasteiger partial charge >= 0.3 is 12.1 Å². The smallest absolute Gasteiger partial charge is 0.407 e. The summed E-state index contributed by atoms with van der Waals surface area (Å²) in [4.78, 5) is 36.3. The highest BCUT2D eigenvalue weighted by atomic mass is 16.5. The summed E-state index contributed by atoms with van der Waals surface area (Å²) < 4.78 is 5.44. The Morgan fingerprint density at radius 2 is 1.61 bits per heavy atom. The number of fused-ring (bicyclic) bond motifs is 3. The van der Waals surface area contributed by atoms with Crippen molar-refractivity contribution >= 4 is 18.0 Å². The van der Waals surface area contributed by atoms with E-state index in [1.54, 1.807) is 0 Å². The minimum atomic E-state index is -1.39. The quantitative estimate of drug-likeness (QED) is 0.600. The van der Waals surface area contributed by atoms with Gasteiger partial charge in [0.05, 0.1) is 0 Å². The number of carboxylic acids is 1. The van der Waals surface area contributed by atoms with E-state index in [2.05, 4.69) is 22.8 Å². The number of carbonyl (C=O) groups is 3. The molecule has 1 unspecified atom stereocenters. The number of hydrogen-bond acceptors (Lipinski definition) is 4. The van der Waals surface area contributed by atoms with Gasteiger partial charge in [-0.05, 0) is 42.5 Å². The second kappa shape index (κ2) is 9.20. The predicted octanol–water partition coefficient (Wildman–Crippen LogP) is 3.67. The third-order valence-corrected chi connectivity index (χ3v) is 5.69. The molecule has 0 saturated heterocycles. The number of aliphatic carboxylic acids is 1. The minimum Gasteiger partial charge on any atom is -0.480 e. The SMILES string of the molecule is CCCC(C)(NC(=O)[C@@H](C)NC(=O)OCC1c2ccccc2-c2ccccc21)C(=O)O. The molecule has 2 aromatic carbocycles. The van der Waals surface area contributed by atoms with Gasteiger partial charge in [0.25, 0.3) is 0 Å². The Morgan fingerprint density at radius 3 is 2.13 bits per heavy atom. The number of rotatable bonds is 8. The van der Waals surface area contributed by atoms with Gasteiger partial charge < -0.3 is 20.5 Å². The van der Waals surface area contributed by atoms with Crippen LogP contribution >= 0.6 is 0 Å². The second-order valence-electron chi connectivity index (χ2n) is 8.07. The Kier molecular flexibility index (Phi) is 6.63. The van der Waals surface area contributed by atoms with Gasteiger partial charge in [0.1, 0.15) is 18.2 Å². The van der Waals surface area contributed by atoms with E-state index < -0.39 is 29.6 Å². The highest BCUT2D eigenvalue weighted by Gasteiger charge is 2.35. The molecule has 0 bridgehead atoms. The normalized spacial score (nSPS) is 15.2. The Bertz CT molecular complexity index is 944. The minimum absolute atomic E-state index is 0.0814. The third-order valence-electron chi connectivity index (χ3n) is 5.69. The lowest BCUT2D eigenvalue weighted by Gasteiger charge is -2.27. The molecule has 7 nitrogen and oxygen atoms in total. The van der Waals surface area contributed by atoms with Gasteiger partial charge in [0.2, 0.25) is 5.91 Å².